The van der Waals surface area contributed by atoms with E-state index in [1.165, 1.54) is 11.1 Å². The fraction of sp³-hybridized carbons (Fsp3) is 0.500. The van der Waals surface area contributed by atoms with E-state index in [1.54, 1.807) is 0 Å². The Morgan fingerprint density at radius 2 is 2.28 bits per heavy atom. The Morgan fingerprint density at radius 3 is 2.94 bits per heavy atom. The molecule has 2 heteroatoms. The Kier molecular flexibility index (Phi) is 4.82. The molecule has 0 spiro atoms. The maximum absolute atomic E-state index is 5.83. The molecule has 1 N–H and O–H groups in total. The van der Waals surface area contributed by atoms with Crippen molar-refractivity contribution in [2.45, 2.75) is 39.2 Å². The second-order valence-corrected chi connectivity index (χ2v) is 4.90. The quantitative estimate of drug-likeness (QED) is 0.853. The molecule has 1 atom stereocenters. The van der Waals surface area contributed by atoms with Gasteiger partial charge in [0.05, 0.1) is 12.6 Å². The lowest BCUT2D eigenvalue weighted by atomic mass is 10.0. The second kappa shape index (κ2) is 6.60. The molecule has 0 bridgehead atoms. The first kappa shape index (κ1) is 13.2. The first-order valence-electron chi connectivity index (χ1n) is 6.94. The third-order valence-electron chi connectivity index (χ3n) is 3.22. The van der Waals surface area contributed by atoms with E-state index in [0.29, 0.717) is 0 Å². The molecule has 0 aliphatic carbocycles. The molecule has 2 nitrogen and oxygen atoms in total. The van der Waals surface area contributed by atoms with Gasteiger partial charge in [0.15, 0.2) is 0 Å². The zero-order valence-electron chi connectivity index (χ0n) is 11.4. The third-order valence-corrected chi connectivity index (χ3v) is 3.22. The molecule has 2 rings (SSSR count). The molecule has 0 saturated carbocycles. The van der Waals surface area contributed by atoms with Gasteiger partial charge in [0, 0.05) is 0 Å². The number of hydrogen-bond acceptors (Lipinski definition) is 2. The Labute approximate surface area is 110 Å². The lowest BCUT2D eigenvalue weighted by molar-refractivity contribution is 0.167. The largest absolute Gasteiger partial charge is 0.496 e. The van der Waals surface area contributed by atoms with Crippen LogP contribution in [0.4, 0.5) is 0 Å². The summed E-state index contributed by atoms with van der Waals surface area (Å²) in [4.78, 5) is 0. The van der Waals surface area contributed by atoms with Gasteiger partial charge in [0.2, 0.25) is 0 Å². The molecule has 98 valence electrons. The molecule has 1 unspecified atom stereocenters. The van der Waals surface area contributed by atoms with Crippen LogP contribution in [-0.2, 0) is 4.74 Å². The van der Waals surface area contributed by atoms with Crippen LogP contribution in [0, 0.1) is 6.92 Å². The average molecular weight is 245 g/mol. The average Bonchev–Trinajstić information content (AvgIpc) is 2.40. The van der Waals surface area contributed by atoms with E-state index in [1.807, 2.05) is 0 Å². The molecule has 18 heavy (non-hydrogen) atoms. The zero-order valence-corrected chi connectivity index (χ0v) is 11.4. The van der Waals surface area contributed by atoms with Gasteiger partial charge in [-0.2, -0.15) is 0 Å². The van der Waals surface area contributed by atoms with E-state index < -0.39 is 0 Å². The lowest BCUT2D eigenvalue weighted by Crippen LogP contribution is -2.26. The van der Waals surface area contributed by atoms with E-state index in [9.17, 15) is 0 Å². The Hall–Kier alpha value is -1.28. The van der Waals surface area contributed by atoms with E-state index in [-0.39, 0.29) is 6.04 Å². The van der Waals surface area contributed by atoms with Gasteiger partial charge in [-0.3, -0.25) is 0 Å². The van der Waals surface area contributed by atoms with Crippen LogP contribution in [0.2, 0.25) is 0 Å². The highest BCUT2D eigenvalue weighted by atomic mass is 16.5. The van der Waals surface area contributed by atoms with Crippen molar-refractivity contribution in [2.24, 2.45) is 0 Å². The normalized spacial score (nSPS) is 16.9. The van der Waals surface area contributed by atoms with Crippen LogP contribution in [-0.4, -0.2) is 13.2 Å². The smallest absolute Gasteiger partial charge is 0.113 e. The Balaban J connectivity index is 2.21. The number of allylic oxidation sites excluding steroid dienone is 1. The van der Waals surface area contributed by atoms with Crippen molar-refractivity contribution in [1.82, 2.24) is 5.32 Å². The van der Waals surface area contributed by atoms with Gasteiger partial charge in [-0.15, -0.1) is 0 Å². The number of rotatable bonds is 5. The molecule has 0 amide bonds. The summed E-state index contributed by atoms with van der Waals surface area (Å²) in [5, 5.41) is 3.59. The SMILES string of the molecule is CCCNC(C1=CCCCO1)c1cccc(C)c1. The summed E-state index contributed by atoms with van der Waals surface area (Å²) in [7, 11) is 0. The summed E-state index contributed by atoms with van der Waals surface area (Å²) >= 11 is 0. The van der Waals surface area contributed by atoms with E-state index in [0.717, 1.165) is 38.2 Å². The van der Waals surface area contributed by atoms with E-state index >= 15 is 0 Å². The van der Waals surface area contributed by atoms with Gasteiger partial charge in [-0.25, -0.2) is 0 Å². The van der Waals surface area contributed by atoms with Crippen molar-refractivity contribution in [2.75, 3.05) is 13.2 Å². The van der Waals surface area contributed by atoms with Crippen molar-refractivity contribution in [3.8, 4) is 0 Å². The summed E-state index contributed by atoms with van der Waals surface area (Å²) in [6.07, 6.45) is 5.64. The van der Waals surface area contributed by atoms with Crippen LogP contribution in [0.1, 0.15) is 43.4 Å². The van der Waals surface area contributed by atoms with Gasteiger partial charge < -0.3 is 10.1 Å². The van der Waals surface area contributed by atoms with Crippen molar-refractivity contribution >= 4 is 0 Å². The highest BCUT2D eigenvalue weighted by Crippen LogP contribution is 2.26. The van der Waals surface area contributed by atoms with Crippen molar-refractivity contribution in [1.29, 1.82) is 0 Å². The fourth-order valence-electron chi connectivity index (χ4n) is 2.30. The number of benzene rings is 1. The van der Waals surface area contributed by atoms with Gasteiger partial charge in [0.25, 0.3) is 0 Å². The van der Waals surface area contributed by atoms with Crippen LogP contribution in [0.3, 0.4) is 0 Å². The summed E-state index contributed by atoms with van der Waals surface area (Å²) in [6, 6.07) is 8.89. The molecule has 1 aliphatic heterocycles. The molecule has 0 fully saturated rings. The molecule has 0 saturated heterocycles. The van der Waals surface area contributed by atoms with Crippen molar-refractivity contribution in [3.63, 3.8) is 0 Å². The van der Waals surface area contributed by atoms with Crippen molar-refractivity contribution in [3.05, 3.63) is 47.2 Å². The van der Waals surface area contributed by atoms with Gasteiger partial charge in [-0.05, 0) is 44.4 Å². The predicted molar refractivity (Wildman–Crippen MR) is 75.5 cm³/mol. The van der Waals surface area contributed by atoms with E-state index in [4.69, 9.17) is 4.74 Å². The minimum Gasteiger partial charge on any atom is -0.496 e. The highest BCUT2D eigenvalue weighted by molar-refractivity contribution is 5.30. The molecule has 1 aliphatic rings. The van der Waals surface area contributed by atoms with Crippen LogP contribution in [0.15, 0.2) is 36.1 Å². The maximum atomic E-state index is 5.83. The first-order chi connectivity index (χ1) is 8.81. The second-order valence-electron chi connectivity index (χ2n) is 4.90. The molecule has 1 heterocycles. The molecule has 0 radical (unpaired) electrons. The summed E-state index contributed by atoms with van der Waals surface area (Å²) < 4.78 is 5.83. The third kappa shape index (κ3) is 3.36. The molecular formula is C16H23NO. The Bertz CT molecular complexity index is 411. The predicted octanol–water partition coefficient (Wildman–Crippen LogP) is 3.73. The number of hydrogen-bond donors (Lipinski definition) is 1. The monoisotopic (exact) mass is 245 g/mol. The van der Waals surface area contributed by atoms with Crippen molar-refractivity contribution < 1.29 is 4.74 Å². The molecule has 1 aromatic rings. The van der Waals surface area contributed by atoms with Gasteiger partial charge in [0.1, 0.15) is 5.76 Å². The standard InChI is InChI=1S/C16H23NO/c1-3-10-17-16(15-9-4-5-11-18-15)14-8-6-7-13(2)12-14/h6-9,12,16-17H,3-5,10-11H2,1-2H3. The van der Waals surface area contributed by atoms with Gasteiger partial charge >= 0.3 is 0 Å². The first-order valence-corrected chi connectivity index (χ1v) is 6.94. The maximum Gasteiger partial charge on any atom is 0.113 e. The summed E-state index contributed by atoms with van der Waals surface area (Å²) in [5.74, 6) is 1.10. The van der Waals surface area contributed by atoms with Crippen LogP contribution < -0.4 is 5.32 Å². The van der Waals surface area contributed by atoms with Gasteiger partial charge in [-0.1, -0.05) is 36.8 Å². The topological polar surface area (TPSA) is 21.3 Å². The number of aryl methyl sites for hydroxylation is 1. The minimum absolute atomic E-state index is 0.213. The Morgan fingerprint density at radius 1 is 1.39 bits per heavy atom. The lowest BCUT2D eigenvalue weighted by Gasteiger charge is -2.25. The molecule has 0 aromatic heterocycles. The molecular weight excluding hydrogens is 222 g/mol. The van der Waals surface area contributed by atoms with Crippen LogP contribution >= 0.6 is 0 Å². The zero-order chi connectivity index (χ0) is 12.8. The summed E-state index contributed by atoms with van der Waals surface area (Å²) in [5.41, 5.74) is 2.60. The van der Waals surface area contributed by atoms with Crippen LogP contribution in [0.25, 0.3) is 0 Å². The van der Waals surface area contributed by atoms with E-state index in [2.05, 4.69) is 49.5 Å². The van der Waals surface area contributed by atoms with Crippen LogP contribution in [0.5, 0.6) is 0 Å². The summed E-state index contributed by atoms with van der Waals surface area (Å²) in [6.45, 7) is 6.19. The highest BCUT2D eigenvalue weighted by Gasteiger charge is 2.19. The fourth-order valence-corrected chi connectivity index (χ4v) is 2.30. The number of nitrogens with one attached hydrogen (secondary N) is 1. The number of ether oxygens (including phenoxy) is 1. The molecule has 1 aromatic carbocycles. The minimum atomic E-state index is 0.213.